The second kappa shape index (κ2) is 8.71. The highest BCUT2D eigenvalue weighted by atomic mass is 32.1. The second-order valence-corrected chi connectivity index (χ2v) is 6.30. The van der Waals surface area contributed by atoms with Crippen LogP contribution >= 0.6 is 11.3 Å². The van der Waals surface area contributed by atoms with Gasteiger partial charge in [0.05, 0.1) is 0 Å². The molecule has 1 nitrogen and oxygen atoms in total. The number of hydrogen-bond donors (Lipinski definition) is 1. The van der Waals surface area contributed by atoms with Crippen molar-refractivity contribution in [1.29, 1.82) is 0 Å². The van der Waals surface area contributed by atoms with Gasteiger partial charge in [-0.3, -0.25) is 0 Å². The molecule has 17 heavy (non-hydrogen) atoms. The summed E-state index contributed by atoms with van der Waals surface area (Å²) < 4.78 is 0. The highest BCUT2D eigenvalue weighted by Gasteiger charge is 1.98. The van der Waals surface area contributed by atoms with E-state index in [0.29, 0.717) is 0 Å². The molecule has 1 heterocycles. The Kier molecular flexibility index (Phi) is 7.54. The zero-order chi connectivity index (χ0) is 12.5. The van der Waals surface area contributed by atoms with Gasteiger partial charge in [-0.05, 0) is 42.8 Å². The second-order valence-electron chi connectivity index (χ2n) is 5.30. The van der Waals surface area contributed by atoms with Gasteiger partial charge < -0.3 is 5.32 Å². The van der Waals surface area contributed by atoms with Crippen molar-refractivity contribution in [3.63, 3.8) is 0 Å². The maximum atomic E-state index is 3.54. The molecule has 1 N–H and O–H groups in total. The fraction of sp³-hybridized carbons (Fsp3) is 0.733. The molecule has 0 saturated heterocycles. The van der Waals surface area contributed by atoms with E-state index in [2.05, 4.69) is 37.5 Å². The van der Waals surface area contributed by atoms with E-state index < -0.39 is 0 Å². The quantitative estimate of drug-likeness (QED) is 0.626. The van der Waals surface area contributed by atoms with Gasteiger partial charge in [-0.1, -0.05) is 39.5 Å². The van der Waals surface area contributed by atoms with E-state index in [1.807, 2.05) is 11.3 Å². The van der Waals surface area contributed by atoms with Gasteiger partial charge in [0, 0.05) is 11.4 Å². The molecule has 0 spiro atoms. The van der Waals surface area contributed by atoms with Gasteiger partial charge in [0.15, 0.2) is 0 Å². The lowest BCUT2D eigenvalue weighted by Gasteiger charge is -2.05. The minimum atomic E-state index is 0.870. The zero-order valence-electron chi connectivity index (χ0n) is 11.6. The van der Waals surface area contributed by atoms with Crippen LogP contribution in [0.25, 0.3) is 0 Å². The van der Waals surface area contributed by atoms with Crippen molar-refractivity contribution >= 4 is 11.3 Å². The van der Waals surface area contributed by atoms with Crippen LogP contribution in [-0.2, 0) is 6.54 Å². The lowest BCUT2D eigenvalue weighted by atomic mass is 10.0. The standard InChI is InChI=1S/C15H27NS/c1-13(2)8-6-4-5-7-10-16-12-15-14(3)9-11-17-15/h9,11,13,16H,4-8,10,12H2,1-3H3. The van der Waals surface area contributed by atoms with Crippen molar-refractivity contribution in [2.75, 3.05) is 6.54 Å². The van der Waals surface area contributed by atoms with E-state index in [0.717, 1.165) is 12.5 Å². The summed E-state index contributed by atoms with van der Waals surface area (Å²) in [6, 6.07) is 2.20. The molecule has 1 rings (SSSR count). The first-order valence-corrected chi connectivity index (χ1v) is 7.82. The molecule has 1 aromatic heterocycles. The van der Waals surface area contributed by atoms with Crippen molar-refractivity contribution in [1.82, 2.24) is 5.32 Å². The Hall–Kier alpha value is -0.340. The summed E-state index contributed by atoms with van der Waals surface area (Å²) in [6.07, 6.45) is 6.90. The Morgan fingerprint density at radius 1 is 1.18 bits per heavy atom. The first-order chi connectivity index (χ1) is 8.20. The molecule has 0 amide bonds. The molecule has 0 atom stereocenters. The highest BCUT2D eigenvalue weighted by Crippen LogP contribution is 2.14. The average Bonchev–Trinajstić information content (AvgIpc) is 2.68. The van der Waals surface area contributed by atoms with E-state index in [-0.39, 0.29) is 0 Å². The molecule has 98 valence electrons. The van der Waals surface area contributed by atoms with E-state index in [4.69, 9.17) is 0 Å². The third kappa shape index (κ3) is 6.85. The molecule has 0 aliphatic rings. The van der Waals surface area contributed by atoms with Crippen LogP contribution in [0.3, 0.4) is 0 Å². The van der Waals surface area contributed by atoms with Crippen molar-refractivity contribution in [2.45, 2.75) is 59.4 Å². The average molecular weight is 253 g/mol. The van der Waals surface area contributed by atoms with Gasteiger partial charge in [-0.15, -0.1) is 11.3 Å². The first kappa shape index (κ1) is 14.7. The summed E-state index contributed by atoms with van der Waals surface area (Å²) in [4.78, 5) is 1.49. The molecule has 1 aromatic rings. The molecule has 0 fully saturated rings. The summed E-state index contributed by atoms with van der Waals surface area (Å²) in [6.45, 7) is 9.03. The Bertz CT molecular complexity index is 291. The predicted octanol–water partition coefficient (Wildman–Crippen LogP) is 4.75. The molecular formula is C15H27NS. The van der Waals surface area contributed by atoms with Gasteiger partial charge in [0.25, 0.3) is 0 Å². The van der Waals surface area contributed by atoms with E-state index in [9.17, 15) is 0 Å². The Morgan fingerprint density at radius 2 is 1.94 bits per heavy atom. The SMILES string of the molecule is Cc1ccsc1CNCCCCCCC(C)C. The maximum Gasteiger partial charge on any atom is 0.0302 e. The summed E-state index contributed by atoms with van der Waals surface area (Å²) in [7, 11) is 0. The third-order valence-corrected chi connectivity index (χ3v) is 4.16. The molecule has 0 aromatic carbocycles. The molecule has 0 saturated carbocycles. The van der Waals surface area contributed by atoms with Crippen molar-refractivity contribution in [3.05, 3.63) is 21.9 Å². The zero-order valence-corrected chi connectivity index (χ0v) is 12.4. The predicted molar refractivity (Wildman–Crippen MR) is 78.7 cm³/mol. The Morgan fingerprint density at radius 3 is 2.59 bits per heavy atom. The lowest BCUT2D eigenvalue weighted by molar-refractivity contribution is 0.512. The minimum Gasteiger partial charge on any atom is -0.312 e. The van der Waals surface area contributed by atoms with Crippen LogP contribution in [0, 0.1) is 12.8 Å². The van der Waals surface area contributed by atoms with Gasteiger partial charge in [-0.2, -0.15) is 0 Å². The Labute approximate surface area is 111 Å². The molecule has 0 aliphatic carbocycles. The topological polar surface area (TPSA) is 12.0 Å². The molecule has 0 bridgehead atoms. The lowest BCUT2D eigenvalue weighted by Crippen LogP contribution is -2.14. The summed E-state index contributed by atoms with van der Waals surface area (Å²) in [5.41, 5.74) is 1.43. The van der Waals surface area contributed by atoms with Crippen LogP contribution in [0.5, 0.6) is 0 Å². The van der Waals surface area contributed by atoms with Gasteiger partial charge in [-0.25, -0.2) is 0 Å². The molecule has 0 aliphatic heterocycles. The number of hydrogen-bond acceptors (Lipinski definition) is 2. The van der Waals surface area contributed by atoms with Gasteiger partial charge in [0.1, 0.15) is 0 Å². The van der Waals surface area contributed by atoms with Crippen LogP contribution in [0.15, 0.2) is 11.4 Å². The molecule has 0 radical (unpaired) electrons. The maximum absolute atomic E-state index is 3.54. The number of thiophene rings is 1. The minimum absolute atomic E-state index is 0.870. The highest BCUT2D eigenvalue weighted by molar-refractivity contribution is 7.10. The van der Waals surface area contributed by atoms with Crippen LogP contribution in [0.2, 0.25) is 0 Å². The number of rotatable bonds is 9. The molecular weight excluding hydrogens is 226 g/mol. The summed E-state index contributed by atoms with van der Waals surface area (Å²) >= 11 is 1.86. The van der Waals surface area contributed by atoms with Crippen LogP contribution in [0.1, 0.15) is 56.4 Å². The summed E-state index contributed by atoms with van der Waals surface area (Å²) in [5, 5.41) is 5.72. The van der Waals surface area contributed by atoms with Crippen molar-refractivity contribution < 1.29 is 0 Å². The van der Waals surface area contributed by atoms with E-state index >= 15 is 0 Å². The van der Waals surface area contributed by atoms with Crippen molar-refractivity contribution in [3.8, 4) is 0 Å². The third-order valence-electron chi connectivity index (χ3n) is 3.14. The van der Waals surface area contributed by atoms with E-state index in [1.165, 1.54) is 49.1 Å². The monoisotopic (exact) mass is 253 g/mol. The number of unbranched alkanes of at least 4 members (excludes halogenated alkanes) is 3. The van der Waals surface area contributed by atoms with E-state index in [1.54, 1.807) is 0 Å². The normalized spacial score (nSPS) is 11.3. The number of nitrogens with one attached hydrogen (secondary N) is 1. The summed E-state index contributed by atoms with van der Waals surface area (Å²) in [5.74, 6) is 0.870. The van der Waals surface area contributed by atoms with Gasteiger partial charge in [0.2, 0.25) is 0 Å². The largest absolute Gasteiger partial charge is 0.312 e. The Balaban J connectivity index is 1.90. The van der Waals surface area contributed by atoms with Gasteiger partial charge >= 0.3 is 0 Å². The first-order valence-electron chi connectivity index (χ1n) is 6.94. The molecule has 0 unspecified atom stereocenters. The number of aryl methyl sites for hydroxylation is 1. The smallest absolute Gasteiger partial charge is 0.0302 e. The van der Waals surface area contributed by atoms with Crippen LogP contribution in [0.4, 0.5) is 0 Å². The fourth-order valence-corrected chi connectivity index (χ4v) is 2.82. The fourth-order valence-electron chi connectivity index (χ4n) is 1.94. The van der Waals surface area contributed by atoms with Crippen LogP contribution in [-0.4, -0.2) is 6.54 Å². The van der Waals surface area contributed by atoms with Crippen LogP contribution < -0.4 is 5.32 Å². The van der Waals surface area contributed by atoms with Crippen molar-refractivity contribution in [2.24, 2.45) is 5.92 Å². The molecule has 2 heteroatoms.